The van der Waals surface area contributed by atoms with Crippen LogP contribution in [0.4, 0.5) is 4.39 Å². The van der Waals surface area contributed by atoms with Crippen molar-refractivity contribution in [2.75, 3.05) is 20.2 Å². The van der Waals surface area contributed by atoms with Crippen LogP contribution in [-0.4, -0.2) is 31.0 Å². The minimum atomic E-state index is -0.513. The smallest absolute Gasteiger partial charge is 0.256 e. The number of carbonyl (C=O) groups excluding carboxylic acids is 1. The lowest BCUT2D eigenvalue weighted by atomic mass is 10.1. The lowest BCUT2D eigenvalue weighted by Crippen LogP contribution is -2.34. The highest BCUT2D eigenvalue weighted by molar-refractivity contribution is 5.94. The van der Waals surface area contributed by atoms with Crippen LogP contribution in [0, 0.1) is 11.7 Å². The zero-order valence-electron chi connectivity index (χ0n) is 11.5. The zero-order valence-corrected chi connectivity index (χ0v) is 11.5. The first-order valence-corrected chi connectivity index (χ1v) is 6.78. The van der Waals surface area contributed by atoms with Crippen LogP contribution in [0.15, 0.2) is 18.2 Å². The van der Waals surface area contributed by atoms with E-state index in [1.54, 1.807) is 11.0 Å². The molecule has 0 unspecified atom stereocenters. The molecule has 3 nitrogen and oxygen atoms in total. The molecule has 0 spiro atoms. The molecule has 1 aliphatic carbocycles. The van der Waals surface area contributed by atoms with Crippen molar-refractivity contribution in [1.29, 1.82) is 0 Å². The van der Waals surface area contributed by atoms with Gasteiger partial charge in [-0.15, -0.1) is 0 Å². The first-order valence-electron chi connectivity index (χ1n) is 6.78. The normalized spacial score (nSPS) is 14.3. The van der Waals surface area contributed by atoms with Gasteiger partial charge in [0, 0.05) is 19.2 Å². The van der Waals surface area contributed by atoms with Crippen LogP contribution in [0.2, 0.25) is 0 Å². The van der Waals surface area contributed by atoms with Crippen molar-refractivity contribution in [3.8, 4) is 5.75 Å². The van der Waals surface area contributed by atoms with Crippen LogP contribution in [-0.2, 0) is 0 Å². The highest BCUT2D eigenvalue weighted by Gasteiger charge is 2.27. The van der Waals surface area contributed by atoms with Crippen molar-refractivity contribution in [2.45, 2.75) is 26.2 Å². The summed E-state index contributed by atoms with van der Waals surface area (Å²) >= 11 is 0. The lowest BCUT2D eigenvalue weighted by Gasteiger charge is -2.22. The Kier molecular flexibility index (Phi) is 4.40. The molecule has 0 saturated heterocycles. The van der Waals surface area contributed by atoms with Crippen molar-refractivity contribution in [3.05, 3.63) is 29.6 Å². The molecule has 19 heavy (non-hydrogen) atoms. The maximum Gasteiger partial charge on any atom is 0.256 e. The van der Waals surface area contributed by atoms with E-state index in [2.05, 4.69) is 0 Å². The molecule has 1 amide bonds. The standard InChI is InChI=1S/C15H20FNO2/c1-3-8-17(10-11-4-5-11)15(18)13-7-6-12(19-2)9-14(13)16/h6-7,9,11H,3-5,8,10H2,1-2H3. The summed E-state index contributed by atoms with van der Waals surface area (Å²) in [5.74, 6) is 0.310. The lowest BCUT2D eigenvalue weighted by molar-refractivity contribution is 0.0743. The molecule has 0 aromatic heterocycles. The first kappa shape index (κ1) is 13.8. The Hall–Kier alpha value is -1.58. The van der Waals surface area contributed by atoms with Gasteiger partial charge in [-0.2, -0.15) is 0 Å². The average molecular weight is 265 g/mol. The maximum absolute atomic E-state index is 13.9. The number of carbonyl (C=O) groups is 1. The zero-order chi connectivity index (χ0) is 13.8. The minimum absolute atomic E-state index is 0.134. The van der Waals surface area contributed by atoms with Crippen LogP contribution in [0.25, 0.3) is 0 Å². The third kappa shape index (κ3) is 3.46. The van der Waals surface area contributed by atoms with Gasteiger partial charge in [0.15, 0.2) is 0 Å². The molecule has 1 aromatic rings. The third-order valence-electron chi connectivity index (χ3n) is 3.36. The van der Waals surface area contributed by atoms with Crippen LogP contribution in [0.1, 0.15) is 36.5 Å². The van der Waals surface area contributed by atoms with Crippen molar-refractivity contribution in [2.24, 2.45) is 5.92 Å². The Bertz CT molecular complexity index is 457. The van der Waals surface area contributed by atoms with E-state index in [9.17, 15) is 9.18 Å². The summed E-state index contributed by atoms with van der Waals surface area (Å²) in [5.41, 5.74) is 0.134. The number of methoxy groups -OCH3 is 1. The predicted octanol–water partition coefficient (Wildman–Crippen LogP) is 3.10. The maximum atomic E-state index is 13.9. The highest BCUT2D eigenvalue weighted by Crippen LogP contribution is 2.30. The van der Waals surface area contributed by atoms with E-state index in [1.807, 2.05) is 6.92 Å². The van der Waals surface area contributed by atoms with E-state index >= 15 is 0 Å². The van der Waals surface area contributed by atoms with Crippen molar-refractivity contribution < 1.29 is 13.9 Å². The highest BCUT2D eigenvalue weighted by atomic mass is 19.1. The van der Waals surface area contributed by atoms with Crippen molar-refractivity contribution in [1.82, 2.24) is 4.90 Å². The molecule has 0 atom stereocenters. The number of amides is 1. The quantitative estimate of drug-likeness (QED) is 0.791. The molecule has 1 aromatic carbocycles. The number of hydrogen-bond donors (Lipinski definition) is 0. The van der Waals surface area contributed by atoms with Gasteiger partial charge in [0.25, 0.3) is 5.91 Å². The average Bonchev–Trinajstić information content (AvgIpc) is 3.21. The summed E-state index contributed by atoms with van der Waals surface area (Å²) in [6, 6.07) is 4.39. The molecule has 1 saturated carbocycles. The van der Waals surface area contributed by atoms with E-state index in [4.69, 9.17) is 4.74 Å². The molecule has 0 heterocycles. The fourth-order valence-corrected chi connectivity index (χ4v) is 2.12. The SMILES string of the molecule is CCCN(CC1CC1)C(=O)c1ccc(OC)cc1F. The third-order valence-corrected chi connectivity index (χ3v) is 3.36. The summed E-state index contributed by atoms with van der Waals surface area (Å²) < 4.78 is 18.9. The second kappa shape index (κ2) is 6.04. The molecule has 4 heteroatoms. The molecule has 1 fully saturated rings. The monoisotopic (exact) mass is 265 g/mol. The number of nitrogens with zero attached hydrogens (tertiary/aromatic N) is 1. The van der Waals surface area contributed by atoms with Gasteiger partial charge in [0.05, 0.1) is 12.7 Å². The fraction of sp³-hybridized carbons (Fsp3) is 0.533. The summed E-state index contributed by atoms with van der Waals surface area (Å²) in [4.78, 5) is 14.1. The van der Waals surface area contributed by atoms with E-state index in [0.717, 1.165) is 13.0 Å². The van der Waals surface area contributed by atoms with E-state index in [1.165, 1.54) is 32.1 Å². The van der Waals surface area contributed by atoms with Gasteiger partial charge in [-0.3, -0.25) is 4.79 Å². The van der Waals surface area contributed by atoms with Gasteiger partial charge in [0.1, 0.15) is 11.6 Å². The number of hydrogen-bond acceptors (Lipinski definition) is 2. The molecule has 0 bridgehead atoms. The van der Waals surface area contributed by atoms with Crippen LogP contribution >= 0.6 is 0 Å². The van der Waals surface area contributed by atoms with Gasteiger partial charge in [-0.25, -0.2) is 4.39 Å². The molecule has 0 aliphatic heterocycles. The Balaban J connectivity index is 2.15. The minimum Gasteiger partial charge on any atom is -0.497 e. The van der Waals surface area contributed by atoms with E-state index < -0.39 is 5.82 Å². The summed E-state index contributed by atoms with van der Waals surface area (Å²) in [6.45, 7) is 3.45. The van der Waals surface area contributed by atoms with E-state index in [-0.39, 0.29) is 11.5 Å². The Morgan fingerprint density at radius 3 is 2.74 bits per heavy atom. The van der Waals surface area contributed by atoms with E-state index in [0.29, 0.717) is 18.2 Å². The number of benzene rings is 1. The second-order valence-electron chi connectivity index (χ2n) is 5.04. The van der Waals surface area contributed by atoms with Crippen molar-refractivity contribution in [3.63, 3.8) is 0 Å². The van der Waals surface area contributed by atoms with Gasteiger partial charge in [0.2, 0.25) is 0 Å². The fourth-order valence-electron chi connectivity index (χ4n) is 2.12. The van der Waals surface area contributed by atoms with Gasteiger partial charge < -0.3 is 9.64 Å². The second-order valence-corrected chi connectivity index (χ2v) is 5.04. The summed E-state index contributed by atoms with van der Waals surface area (Å²) in [5, 5.41) is 0. The van der Waals surface area contributed by atoms with Crippen LogP contribution in [0.5, 0.6) is 5.75 Å². The topological polar surface area (TPSA) is 29.5 Å². The Morgan fingerprint density at radius 1 is 1.47 bits per heavy atom. The summed E-state index contributed by atoms with van der Waals surface area (Å²) in [6.07, 6.45) is 3.24. The Labute approximate surface area is 113 Å². The molecule has 104 valence electrons. The number of rotatable bonds is 6. The molecular weight excluding hydrogens is 245 g/mol. The molecule has 0 N–H and O–H groups in total. The molecule has 0 radical (unpaired) electrons. The number of ether oxygens (including phenoxy) is 1. The van der Waals surface area contributed by atoms with Crippen LogP contribution < -0.4 is 4.74 Å². The summed E-state index contributed by atoms with van der Waals surface area (Å²) in [7, 11) is 1.48. The van der Waals surface area contributed by atoms with Crippen molar-refractivity contribution >= 4 is 5.91 Å². The Morgan fingerprint density at radius 2 is 2.21 bits per heavy atom. The van der Waals surface area contributed by atoms with Gasteiger partial charge in [-0.05, 0) is 37.3 Å². The molecule has 1 aliphatic rings. The molecular formula is C15H20FNO2. The largest absolute Gasteiger partial charge is 0.497 e. The van der Waals surface area contributed by atoms with Gasteiger partial charge in [-0.1, -0.05) is 6.92 Å². The van der Waals surface area contributed by atoms with Gasteiger partial charge >= 0.3 is 0 Å². The first-order chi connectivity index (χ1) is 9.15. The molecule has 2 rings (SSSR count). The number of halogens is 1. The predicted molar refractivity (Wildman–Crippen MR) is 71.9 cm³/mol. The van der Waals surface area contributed by atoms with Crippen LogP contribution in [0.3, 0.4) is 0 Å².